The molecule has 0 radical (unpaired) electrons. The van der Waals surface area contributed by atoms with Gasteiger partial charge in [-0.3, -0.25) is 4.79 Å². The molecule has 0 bridgehead atoms. The normalized spacial score (nSPS) is 21.5. The second-order valence-corrected chi connectivity index (χ2v) is 8.56. The topological polar surface area (TPSA) is 70.6 Å². The van der Waals surface area contributed by atoms with Crippen LogP contribution in [0.15, 0.2) is 42.7 Å². The summed E-state index contributed by atoms with van der Waals surface area (Å²) in [5.74, 6) is 2.48. The molecular weight excluding hydrogens is 390 g/mol. The van der Waals surface area contributed by atoms with Gasteiger partial charge in [0.1, 0.15) is 5.75 Å². The molecule has 166 valence electrons. The zero-order chi connectivity index (χ0) is 21.5. The first-order valence-electron chi connectivity index (χ1n) is 11.4. The van der Waals surface area contributed by atoms with Gasteiger partial charge < -0.3 is 19.9 Å². The Morgan fingerprint density at radius 3 is 2.74 bits per heavy atom. The van der Waals surface area contributed by atoms with E-state index in [1.807, 2.05) is 18.2 Å². The van der Waals surface area contributed by atoms with E-state index in [2.05, 4.69) is 37.2 Å². The Balaban J connectivity index is 1.25. The van der Waals surface area contributed by atoms with Gasteiger partial charge in [-0.05, 0) is 61.9 Å². The third-order valence-electron chi connectivity index (χ3n) is 6.40. The van der Waals surface area contributed by atoms with Gasteiger partial charge in [-0.25, -0.2) is 9.97 Å². The van der Waals surface area contributed by atoms with E-state index in [1.54, 1.807) is 19.5 Å². The molecule has 2 aliphatic heterocycles. The second-order valence-electron chi connectivity index (χ2n) is 8.56. The van der Waals surface area contributed by atoms with Crippen molar-refractivity contribution in [3.8, 4) is 5.75 Å². The lowest BCUT2D eigenvalue weighted by molar-refractivity contribution is -0.129. The molecule has 2 saturated heterocycles. The summed E-state index contributed by atoms with van der Waals surface area (Å²) < 4.78 is 5.21. The molecule has 0 saturated carbocycles. The summed E-state index contributed by atoms with van der Waals surface area (Å²) in [6, 6.07) is 10.3. The van der Waals surface area contributed by atoms with Gasteiger partial charge in [0, 0.05) is 51.0 Å². The Bertz CT molecular complexity index is 830. The van der Waals surface area contributed by atoms with Crippen LogP contribution < -0.4 is 15.0 Å². The Morgan fingerprint density at radius 1 is 1.16 bits per heavy atom. The van der Waals surface area contributed by atoms with Crippen molar-refractivity contribution in [1.29, 1.82) is 0 Å². The lowest BCUT2D eigenvalue weighted by Gasteiger charge is -2.36. The Kier molecular flexibility index (Phi) is 7.35. The highest BCUT2D eigenvalue weighted by atomic mass is 16.5. The quantitative estimate of drug-likeness (QED) is 0.626. The molecule has 2 unspecified atom stereocenters. The number of carbonyl (C=O) groups is 1. The highest BCUT2D eigenvalue weighted by Gasteiger charge is 2.33. The van der Waals surface area contributed by atoms with Gasteiger partial charge in [-0.15, -0.1) is 0 Å². The molecule has 3 heterocycles. The Labute approximate surface area is 184 Å². The summed E-state index contributed by atoms with van der Waals surface area (Å²) in [6.45, 7) is 4.52. The van der Waals surface area contributed by atoms with Crippen LogP contribution in [0.3, 0.4) is 0 Å². The fourth-order valence-corrected chi connectivity index (χ4v) is 4.72. The first-order valence-corrected chi connectivity index (χ1v) is 11.4. The molecule has 2 aromatic rings. The maximum absolute atomic E-state index is 12.6. The smallest absolute Gasteiger partial charge is 0.225 e. The largest absolute Gasteiger partial charge is 0.497 e. The average Bonchev–Trinajstić information content (AvgIpc) is 3.17. The SMILES string of the molecule is COc1ccc(CNCCC2CCC(=O)N2CC2CCCN(c3ncccn3)C2)cc1. The average molecular weight is 424 g/mol. The van der Waals surface area contributed by atoms with Crippen LogP contribution in [0, 0.1) is 5.92 Å². The molecule has 7 heteroatoms. The molecule has 1 aromatic carbocycles. The third kappa shape index (κ3) is 5.73. The van der Waals surface area contributed by atoms with Crippen LogP contribution in [-0.2, 0) is 11.3 Å². The first-order chi connectivity index (χ1) is 15.2. The number of piperidine rings is 1. The maximum Gasteiger partial charge on any atom is 0.225 e. The van der Waals surface area contributed by atoms with Crippen LogP contribution in [-0.4, -0.2) is 60.1 Å². The first kappa shape index (κ1) is 21.6. The molecule has 4 rings (SSSR count). The minimum absolute atomic E-state index is 0.313. The Hall–Kier alpha value is -2.67. The van der Waals surface area contributed by atoms with E-state index < -0.39 is 0 Å². The number of anilines is 1. The van der Waals surface area contributed by atoms with Crippen molar-refractivity contribution in [1.82, 2.24) is 20.2 Å². The molecule has 1 aromatic heterocycles. The number of rotatable bonds is 9. The summed E-state index contributed by atoms with van der Waals surface area (Å²) >= 11 is 0. The summed E-state index contributed by atoms with van der Waals surface area (Å²) in [5, 5.41) is 3.53. The van der Waals surface area contributed by atoms with E-state index in [4.69, 9.17) is 4.74 Å². The summed E-state index contributed by atoms with van der Waals surface area (Å²) in [6.07, 6.45) is 8.53. The lowest BCUT2D eigenvalue weighted by atomic mass is 9.97. The van der Waals surface area contributed by atoms with Crippen molar-refractivity contribution in [3.63, 3.8) is 0 Å². The minimum Gasteiger partial charge on any atom is -0.497 e. The number of hydrogen-bond acceptors (Lipinski definition) is 6. The predicted octanol–water partition coefficient (Wildman–Crippen LogP) is 2.87. The van der Waals surface area contributed by atoms with Crippen LogP contribution in [0.25, 0.3) is 0 Å². The van der Waals surface area contributed by atoms with Crippen LogP contribution in [0.1, 0.15) is 37.7 Å². The fraction of sp³-hybridized carbons (Fsp3) is 0.542. The molecule has 31 heavy (non-hydrogen) atoms. The number of amides is 1. The zero-order valence-electron chi connectivity index (χ0n) is 18.4. The lowest BCUT2D eigenvalue weighted by Crippen LogP contribution is -2.44. The number of methoxy groups -OCH3 is 1. The highest BCUT2D eigenvalue weighted by Crippen LogP contribution is 2.27. The number of likely N-dealkylation sites (tertiary alicyclic amines) is 1. The molecule has 2 fully saturated rings. The van der Waals surface area contributed by atoms with E-state index in [0.29, 0.717) is 24.3 Å². The monoisotopic (exact) mass is 423 g/mol. The molecule has 1 N–H and O–H groups in total. The molecule has 0 spiro atoms. The zero-order valence-corrected chi connectivity index (χ0v) is 18.4. The van der Waals surface area contributed by atoms with Gasteiger partial charge in [-0.1, -0.05) is 12.1 Å². The number of nitrogens with zero attached hydrogens (tertiary/aromatic N) is 4. The van der Waals surface area contributed by atoms with E-state index in [9.17, 15) is 4.79 Å². The number of benzene rings is 1. The maximum atomic E-state index is 12.6. The molecule has 2 atom stereocenters. The van der Waals surface area contributed by atoms with Crippen LogP contribution in [0.5, 0.6) is 5.75 Å². The van der Waals surface area contributed by atoms with Crippen molar-refractivity contribution in [2.45, 2.75) is 44.7 Å². The van der Waals surface area contributed by atoms with Crippen molar-refractivity contribution in [2.75, 3.05) is 38.2 Å². The molecule has 7 nitrogen and oxygen atoms in total. The molecule has 0 aliphatic carbocycles. The van der Waals surface area contributed by atoms with Gasteiger partial charge in [0.2, 0.25) is 11.9 Å². The van der Waals surface area contributed by atoms with Crippen LogP contribution >= 0.6 is 0 Å². The third-order valence-corrected chi connectivity index (χ3v) is 6.40. The van der Waals surface area contributed by atoms with Crippen molar-refractivity contribution in [3.05, 3.63) is 48.3 Å². The van der Waals surface area contributed by atoms with E-state index in [0.717, 1.165) is 70.1 Å². The van der Waals surface area contributed by atoms with Crippen molar-refractivity contribution < 1.29 is 9.53 Å². The van der Waals surface area contributed by atoms with Gasteiger partial charge in [0.05, 0.1) is 7.11 Å². The summed E-state index contributed by atoms with van der Waals surface area (Å²) in [4.78, 5) is 25.8. The van der Waals surface area contributed by atoms with Crippen molar-refractivity contribution >= 4 is 11.9 Å². The number of hydrogen-bond donors (Lipinski definition) is 1. The molecule has 2 aliphatic rings. The van der Waals surface area contributed by atoms with Gasteiger partial charge in [0.15, 0.2) is 0 Å². The minimum atomic E-state index is 0.313. The predicted molar refractivity (Wildman–Crippen MR) is 121 cm³/mol. The standard InChI is InChI=1S/C24H33N5O2/c1-31-22-8-5-19(6-9-22)16-25-14-11-21-7-10-23(30)29(21)18-20-4-2-15-28(17-20)24-26-12-3-13-27-24/h3,5-6,8-9,12-13,20-21,25H,2,4,7,10-11,14-18H2,1H3. The summed E-state index contributed by atoms with van der Waals surface area (Å²) in [5.41, 5.74) is 1.24. The number of nitrogens with one attached hydrogen (secondary N) is 1. The summed E-state index contributed by atoms with van der Waals surface area (Å²) in [7, 11) is 1.68. The van der Waals surface area contributed by atoms with Gasteiger partial charge in [-0.2, -0.15) is 0 Å². The molecular formula is C24H33N5O2. The van der Waals surface area contributed by atoms with Gasteiger partial charge in [0.25, 0.3) is 0 Å². The van der Waals surface area contributed by atoms with Crippen LogP contribution in [0.4, 0.5) is 5.95 Å². The second kappa shape index (κ2) is 10.6. The van der Waals surface area contributed by atoms with Crippen molar-refractivity contribution in [2.24, 2.45) is 5.92 Å². The van der Waals surface area contributed by atoms with E-state index in [-0.39, 0.29) is 0 Å². The van der Waals surface area contributed by atoms with E-state index in [1.165, 1.54) is 5.56 Å². The molecule has 1 amide bonds. The van der Waals surface area contributed by atoms with Crippen LogP contribution in [0.2, 0.25) is 0 Å². The number of carbonyl (C=O) groups excluding carboxylic acids is 1. The number of ether oxygens (including phenoxy) is 1. The fourth-order valence-electron chi connectivity index (χ4n) is 4.72. The highest BCUT2D eigenvalue weighted by molar-refractivity contribution is 5.78. The van der Waals surface area contributed by atoms with Gasteiger partial charge >= 0.3 is 0 Å². The number of aromatic nitrogens is 2. The Morgan fingerprint density at radius 2 is 1.97 bits per heavy atom. The van der Waals surface area contributed by atoms with E-state index >= 15 is 0 Å².